The molecule has 0 radical (unpaired) electrons. The number of carboxylic acid groups (broad SMARTS) is 1. The second-order valence-corrected chi connectivity index (χ2v) is 6.49. The molecule has 0 bridgehead atoms. The van der Waals surface area contributed by atoms with Gasteiger partial charge in [0.2, 0.25) is 0 Å². The quantitative estimate of drug-likeness (QED) is 0.569. The normalized spacial score (nSPS) is 12.3. The predicted molar refractivity (Wildman–Crippen MR) is 106 cm³/mol. The number of benzene rings is 4. The Morgan fingerprint density at radius 3 is 2.12 bits per heavy atom. The molecule has 1 unspecified atom stereocenters. The smallest absolute Gasteiger partial charge is 0.320 e. The van der Waals surface area contributed by atoms with Crippen LogP contribution in [0.2, 0.25) is 0 Å². The van der Waals surface area contributed by atoms with Gasteiger partial charge < -0.3 is 10.8 Å². The van der Waals surface area contributed by atoms with Crippen LogP contribution in [0.25, 0.3) is 32.7 Å². The summed E-state index contributed by atoms with van der Waals surface area (Å²) in [5.74, 6) is -0.984. The van der Waals surface area contributed by atoms with Gasteiger partial charge >= 0.3 is 5.97 Å². The Balaban J connectivity index is 2.01. The van der Waals surface area contributed by atoms with Gasteiger partial charge in [0.1, 0.15) is 6.04 Å². The van der Waals surface area contributed by atoms with Crippen molar-refractivity contribution in [1.29, 1.82) is 0 Å². The largest absolute Gasteiger partial charge is 0.480 e. The molecule has 3 N–H and O–H groups in total. The lowest BCUT2D eigenvalue weighted by Crippen LogP contribution is -2.32. The van der Waals surface area contributed by atoms with E-state index in [-0.39, 0.29) is 6.42 Å². The molecule has 3 heteroatoms. The van der Waals surface area contributed by atoms with E-state index in [4.69, 9.17) is 5.73 Å². The summed E-state index contributed by atoms with van der Waals surface area (Å²) in [5.41, 5.74) is 9.02. The number of aliphatic carboxylic acids is 1. The summed E-state index contributed by atoms with van der Waals surface area (Å²) in [6.07, 6.45) is 0.287. The van der Waals surface area contributed by atoms with Crippen molar-refractivity contribution in [3.05, 3.63) is 84.4 Å². The molecular formula is C23H19NO2. The van der Waals surface area contributed by atoms with Crippen molar-refractivity contribution < 1.29 is 9.90 Å². The van der Waals surface area contributed by atoms with Gasteiger partial charge in [0, 0.05) is 0 Å². The van der Waals surface area contributed by atoms with Crippen molar-refractivity contribution in [3.8, 4) is 11.1 Å². The van der Waals surface area contributed by atoms with Crippen molar-refractivity contribution in [2.45, 2.75) is 12.5 Å². The summed E-state index contributed by atoms with van der Waals surface area (Å²) in [5, 5.41) is 13.8. The number of carbonyl (C=O) groups is 1. The number of carboxylic acids is 1. The molecule has 3 nitrogen and oxygen atoms in total. The van der Waals surface area contributed by atoms with Crippen molar-refractivity contribution in [1.82, 2.24) is 0 Å². The average Bonchev–Trinajstić information content (AvgIpc) is 2.68. The highest BCUT2D eigenvalue weighted by Crippen LogP contribution is 2.35. The zero-order valence-corrected chi connectivity index (χ0v) is 14.2. The Morgan fingerprint density at radius 2 is 1.38 bits per heavy atom. The molecule has 4 aromatic rings. The third kappa shape index (κ3) is 2.83. The summed E-state index contributed by atoms with van der Waals surface area (Å²) in [7, 11) is 0. The molecular weight excluding hydrogens is 322 g/mol. The zero-order chi connectivity index (χ0) is 18.1. The minimum atomic E-state index is -0.984. The van der Waals surface area contributed by atoms with E-state index in [9.17, 15) is 9.90 Å². The Hall–Kier alpha value is -3.17. The third-order valence-electron chi connectivity index (χ3n) is 4.86. The summed E-state index contributed by atoms with van der Waals surface area (Å²) < 4.78 is 0. The average molecular weight is 341 g/mol. The first kappa shape index (κ1) is 16.3. The maximum Gasteiger partial charge on any atom is 0.320 e. The Labute approximate surface area is 151 Å². The van der Waals surface area contributed by atoms with E-state index in [1.165, 1.54) is 0 Å². The number of rotatable bonds is 4. The molecule has 26 heavy (non-hydrogen) atoms. The van der Waals surface area contributed by atoms with Crippen molar-refractivity contribution >= 4 is 27.5 Å². The molecule has 0 heterocycles. The van der Waals surface area contributed by atoms with Gasteiger partial charge in [-0.3, -0.25) is 4.79 Å². The fourth-order valence-corrected chi connectivity index (χ4v) is 3.58. The maximum absolute atomic E-state index is 11.4. The molecule has 4 aromatic carbocycles. The first-order valence-electron chi connectivity index (χ1n) is 8.62. The van der Waals surface area contributed by atoms with Gasteiger partial charge in [-0.15, -0.1) is 0 Å². The second kappa shape index (κ2) is 6.62. The Bertz CT molecular complexity index is 1110. The first-order valence-corrected chi connectivity index (χ1v) is 8.62. The SMILES string of the molecule is NC(Cc1c(-c2cccc3ccccc23)ccc2ccccc12)C(=O)O. The van der Waals surface area contributed by atoms with Crippen molar-refractivity contribution in [2.75, 3.05) is 0 Å². The molecule has 0 spiro atoms. The highest BCUT2D eigenvalue weighted by Gasteiger charge is 2.18. The van der Waals surface area contributed by atoms with Crippen LogP contribution in [0.5, 0.6) is 0 Å². The Kier molecular flexibility index (Phi) is 4.15. The van der Waals surface area contributed by atoms with E-state index in [0.29, 0.717) is 0 Å². The van der Waals surface area contributed by atoms with Gasteiger partial charge in [-0.1, -0.05) is 78.9 Å². The zero-order valence-electron chi connectivity index (χ0n) is 14.2. The first-order chi connectivity index (χ1) is 12.6. The van der Waals surface area contributed by atoms with Crippen molar-refractivity contribution in [3.63, 3.8) is 0 Å². The minimum absolute atomic E-state index is 0.287. The highest BCUT2D eigenvalue weighted by molar-refractivity contribution is 6.01. The summed E-state index contributed by atoms with van der Waals surface area (Å²) in [6.45, 7) is 0. The Morgan fingerprint density at radius 1 is 0.769 bits per heavy atom. The van der Waals surface area contributed by atoms with Crippen LogP contribution in [0.15, 0.2) is 78.9 Å². The van der Waals surface area contributed by atoms with Gasteiger partial charge in [-0.05, 0) is 44.7 Å². The molecule has 0 aromatic heterocycles. The lowest BCUT2D eigenvalue weighted by molar-refractivity contribution is -0.138. The molecule has 0 aliphatic heterocycles. The van der Waals surface area contributed by atoms with Crippen molar-refractivity contribution in [2.24, 2.45) is 5.73 Å². The monoisotopic (exact) mass is 341 g/mol. The third-order valence-corrected chi connectivity index (χ3v) is 4.86. The predicted octanol–water partition coefficient (Wildman–Crippen LogP) is 4.61. The number of hydrogen-bond donors (Lipinski definition) is 2. The molecule has 0 amide bonds. The van der Waals surface area contributed by atoms with E-state index in [0.717, 1.165) is 38.2 Å². The molecule has 128 valence electrons. The van der Waals surface area contributed by atoms with E-state index in [2.05, 4.69) is 36.4 Å². The molecule has 0 aliphatic rings. The standard InChI is InChI=1S/C23H19NO2/c24-22(23(25)26)14-21-18-10-4-2-7-16(18)12-13-20(21)19-11-5-8-15-6-1-3-9-17(15)19/h1-13,22H,14,24H2,(H,25,26). The van der Waals surface area contributed by atoms with Crippen LogP contribution in [-0.4, -0.2) is 17.1 Å². The maximum atomic E-state index is 11.4. The number of fused-ring (bicyclic) bond motifs is 2. The molecule has 0 saturated carbocycles. The van der Waals surface area contributed by atoms with Gasteiger partial charge in [0.05, 0.1) is 0 Å². The fraction of sp³-hybridized carbons (Fsp3) is 0.0870. The van der Waals surface area contributed by atoms with Crippen LogP contribution in [-0.2, 0) is 11.2 Å². The van der Waals surface area contributed by atoms with Crippen LogP contribution in [0.3, 0.4) is 0 Å². The summed E-state index contributed by atoms with van der Waals surface area (Å²) in [6, 6.07) is 25.7. The van der Waals surface area contributed by atoms with Gasteiger partial charge in [0.15, 0.2) is 0 Å². The van der Waals surface area contributed by atoms with Crippen LogP contribution in [0.1, 0.15) is 5.56 Å². The van der Waals surface area contributed by atoms with E-state index < -0.39 is 12.0 Å². The minimum Gasteiger partial charge on any atom is -0.480 e. The molecule has 0 saturated heterocycles. The highest BCUT2D eigenvalue weighted by atomic mass is 16.4. The van der Waals surface area contributed by atoms with Crippen LogP contribution < -0.4 is 5.73 Å². The number of nitrogens with two attached hydrogens (primary N) is 1. The van der Waals surface area contributed by atoms with E-state index in [1.54, 1.807) is 0 Å². The lowest BCUT2D eigenvalue weighted by atomic mass is 9.88. The summed E-state index contributed by atoms with van der Waals surface area (Å²) >= 11 is 0. The topological polar surface area (TPSA) is 63.3 Å². The molecule has 0 aliphatic carbocycles. The van der Waals surface area contributed by atoms with Crippen LogP contribution in [0, 0.1) is 0 Å². The van der Waals surface area contributed by atoms with Gasteiger partial charge in [-0.25, -0.2) is 0 Å². The lowest BCUT2D eigenvalue weighted by Gasteiger charge is -2.17. The van der Waals surface area contributed by atoms with Gasteiger partial charge in [0.25, 0.3) is 0 Å². The molecule has 4 rings (SSSR count). The molecule has 1 atom stereocenters. The van der Waals surface area contributed by atoms with Gasteiger partial charge in [-0.2, -0.15) is 0 Å². The van der Waals surface area contributed by atoms with E-state index in [1.807, 2.05) is 42.5 Å². The summed E-state index contributed by atoms with van der Waals surface area (Å²) in [4.78, 5) is 11.4. The van der Waals surface area contributed by atoms with E-state index >= 15 is 0 Å². The molecule has 0 fully saturated rings. The number of hydrogen-bond acceptors (Lipinski definition) is 2. The fourth-order valence-electron chi connectivity index (χ4n) is 3.58. The van der Waals surface area contributed by atoms with Crippen LogP contribution >= 0.6 is 0 Å². The second-order valence-electron chi connectivity index (χ2n) is 6.49. The van der Waals surface area contributed by atoms with Crippen LogP contribution in [0.4, 0.5) is 0 Å².